The molecular formula is C13H23N3O2. The first-order valence-electron chi connectivity index (χ1n) is 7.03. The number of hydrogen-bond donors (Lipinski definition) is 2. The van der Waals surface area contributed by atoms with Crippen molar-refractivity contribution in [3.63, 3.8) is 0 Å². The van der Waals surface area contributed by atoms with Crippen LogP contribution in [0.5, 0.6) is 0 Å². The van der Waals surface area contributed by atoms with Crippen LogP contribution < -0.4 is 10.6 Å². The minimum atomic E-state index is -0.279. The quantitative estimate of drug-likeness (QED) is 0.755. The Morgan fingerprint density at radius 2 is 2.06 bits per heavy atom. The molecule has 0 unspecified atom stereocenters. The van der Waals surface area contributed by atoms with Gasteiger partial charge in [0.05, 0.1) is 0 Å². The van der Waals surface area contributed by atoms with Crippen molar-refractivity contribution in [2.75, 3.05) is 19.6 Å². The zero-order valence-corrected chi connectivity index (χ0v) is 11.1. The van der Waals surface area contributed by atoms with Crippen LogP contribution in [-0.4, -0.2) is 48.4 Å². The Bertz CT molecular complexity index is 313. The summed E-state index contributed by atoms with van der Waals surface area (Å²) in [7, 11) is 0. The highest BCUT2D eigenvalue weighted by Crippen LogP contribution is 2.17. The van der Waals surface area contributed by atoms with Crippen LogP contribution in [0.1, 0.15) is 39.0 Å². The van der Waals surface area contributed by atoms with E-state index < -0.39 is 0 Å². The molecule has 18 heavy (non-hydrogen) atoms. The summed E-state index contributed by atoms with van der Waals surface area (Å²) in [5, 5.41) is 6.11. The lowest BCUT2D eigenvalue weighted by molar-refractivity contribution is -0.137. The zero-order valence-electron chi connectivity index (χ0n) is 11.1. The number of nitrogens with zero attached hydrogens (tertiary/aromatic N) is 1. The molecule has 2 aliphatic heterocycles. The first-order valence-corrected chi connectivity index (χ1v) is 7.03. The number of nitrogens with one attached hydrogen (secondary N) is 2. The minimum Gasteiger partial charge on any atom is -0.344 e. The number of piperidine rings is 1. The molecule has 0 spiro atoms. The van der Waals surface area contributed by atoms with Gasteiger partial charge in [-0.25, -0.2) is 0 Å². The lowest BCUT2D eigenvalue weighted by atomic mass is 10.0. The molecule has 5 heteroatoms. The van der Waals surface area contributed by atoms with Gasteiger partial charge in [0.25, 0.3) is 0 Å². The number of amides is 2. The summed E-state index contributed by atoms with van der Waals surface area (Å²) in [5.74, 6) is 0.129. The molecule has 2 saturated heterocycles. The number of carbonyl (C=O) groups excluding carboxylic acids is 2. The second-order valence-corrected chi connectivity index (χ2v) is 5.17. The van der Waals surface area contributed by atoms with Crippen LogP contribution in [-0.2, 0) is 9.59 Å². The Morgan fingerprint density at radius 1 is 1.33 bits per heavy atom. The van der Waals surface area contributed by atoms with Crippen molar-refractivity contribution in [1.82, 2.24) is 15.5 Å². The third-order valence-corrected chi connectivity index (χ3v) is 3.79. The standard InChI is InChI=1S/C13H23N3O2/c1-2-9-16(10-5-7-14-8-6-10)13(18)11-3-4-12(17)15-11/h10-11,14H,2-9H2,1H3,(H,15,17)/t11-/m0/s1. The van der Waals surface area contributed by atoms with E-state index in [0.717, 1.165) is 38.9 Å². The minimum absolute atomic E-state index is 0.00936. The predicted molar refractivity (Wildman–Crippen MR) is 69.1 cm³/mol. The summed E-state index contributed by atoms with van der Waals surface area (Å²) < 4.78 is 0. The largest absolute Gasteiger partial charge is 0.344 e. The van der Waals surface area contributed by atoms with Crippen molar-refractivity contribution >= 4 is 11.8 Å². The van der Waals surface area contributed by atoms with Gasteiger partial charge in [0, 0.05) is 19.0 Å². The first-order chi connectivity index (χ1) is 8.72. The molecule has 0 aromatic heterocycles. The molecule has 0 aromatic rings. The van der Waals surface area contributed by atoms with Crippen LogP contribution in [0.2, 0.25) is 0 Å². The highest BCUT2D eigenvalue weighted by Gasteiger charge is 2.33. The maximum Gasteiger partial charge on any atom is 0.245 e. The van der Waals surface area contributed by atoms with E-state index in [9.17, 15) is 9.59 Å². The molecular weight excluding hydrogens is 230 g/mol. The van der Waals surface area contributed by atoms with Crippen molar-refractivity contribution in [1.29, 1.82) is 0 Å². The third kappa shape index (κ3) is 3.02. The molecule has 5 nitrogen and oxygen atoms in total. The molecule has 2 fully saturated rings. The van der Waals surface area contributed by atoms with E-state index in [1.54, 1.807) is 0 Å². The van der Waals surface area contributed by atoms with Crippen LogP contribution in [0.25, 0.3) is 0 Å². The van der Waals surface area contributed by atoms with Crippen LogP contribution in [0.15, 0.2) is 0 Å². The smallest absolute Gasteiger partial charge is 0.245 e. The maximum absolute atomic E-state index is 12.5. The second-order valence-electron chi connectivity index (χ2n) is 5.17. The topological polar surface area (TPSA) is 61.4 Å². The van der Waals surface area contributed by atoms with Gasteiger partial charge < -0.3 is 15.5 Å². The molecule has 2 amide bonds. The van der Waals surface area contributed by atoms with E-state index in [2.05, 4.69) is 17.6 Å². The Balaban J connectivity index is 1.99. The number of hydrogen-bond acceptors (Lipinski definition) is 3. The molecule has 1 atom stereocenters. The Morgan fingerprint density at radius 3 is 2.61 bits per heavy atom. The van der Waals surface area contributed by atoms with E-state index in [-0.39, 0.29) is 17.9 Å². The van der Waals surface area contributed by atoms with Crippen LogP contribution in [0.3, 0.4) is 0 Å². The molecule has 102 valence electrons. The number of rotatable bonds is 4. The molecule has 0 bridgehead atoms. The molecule has 2 aliphatic rings. The van der Waals surface area contributed by atoms with Gasteiger partial charge in [-0.3, -0.25) is 9.59 Å². The van der Waals surface area contributed by atoms with E-state index >= 15 is 0 Å². The van der Waals surface area contributed by atoms with Gasteiger partial charge in [0.1, 0.15) is 6.04 Å². The van der Waals surface area contributed by atoms with Crippen molar-refractivity contribution < 1.29 is 9.59 Å². The Labute approximate surface area is 108 Å². The van der Waals surface area contributed by atoms with Gasteiger partial charge in [-0.15, -0.1) is 0 Å². The van der Waals surface area contributed by atoms with Crippen LogP contribution in [0.4, 0.5) is 0 Å². The number of carbonyl (C=O) groups is 2. The van der Waals surface area contributed by atoms with Gasteiger partial charge in [-0.2, -0.15) is 0 Å². The Kier molecular flexibility index (Phi) is 4.58. The van der Waals surface area contributed by atoms with Gasteiger partial charge in [0.15, 0.2) is 0 Å². The van der Waals surface area contributed by atoms with Crippen LogP contribution >= 0.6 is 0 Å². The van der Waals surface area contributed by atoms with Crippen molar-refractivity contribution in [2.24, 2.45) is 0 Å². The summed E-state index contributed by atoms with van der Waals surface area (Å²) in [6.45, 7) is 4.86. The van der Waals surface area contributed by atoms with E-state index in [1.807, 2.05) is 4.90 Å². The zero-order chi connectivity index (χ0) is 13.0. The first kappa shape index (κ1) is 13.3. The molecule has 2 rings (SSSR count). The fraction of sp³-hybridized carbons (Fsp3) is 0.846. The third-order valence-electron chi connectivity index (χ3n) is 3.79. The van der Waals surface area contributed by atoms with Gasteiger partial charge in [-0.05, 0) is 38.8 Å². The summed E-state index contributed by atoms with van der Waals surface area (Å²) in [4.78, 5) is 25.7. The fourth-order valence-electron chi connectivity index (χ4n) is 2.83. The lowest BCUT2D eigenvalue weighted by Gasteiger charge is -2.36. The molecule has 0 saturated carbocycles. The lowest BCUT2D eigenvalue weighted by Crippen LogP contribution is -2.52. The summed E-state index contributed by atoms with van der Waals surface area (Å²) in [6.07, 6.45) is 4.15. The summed E-state index contributed by atoms with van der Waals surface area (Å²) >= 11 is 0. The van der Waals surface area contributed by atoms with Crippen LogP contribution in [0, 0.1) is 0 Å². The molecule has 2 heterocycles. The predicted octanol–water partition coefficient (Wildman–Crippen LogP) is 0.256. The van der Waals surface area contributed by atoms with E-state index in [4.69, 9.17) is 0 Å². The Hall–Kier alpha value is -1.10. The fourth-order valence-corrected chi connectivity index (χ4v) is 2.83. The normalized spacial score (nSPS) is 24.9. The van der Waals surface area contributed by atoms with Gasteiger partial charge in [-0.1, -0.05) is 6.92 Å². The van der Waals surface area contributed by atoms with Crippen molar-refractivity contribution in [3.05, 3.63) is 0 Å². The van der Waals surface area contributed by atoms with Gasteiger partial charge in [0.2, 0.25) is 11.8 Å². The SMILES string of the molecule is CCCN(C(=O)[C@@H]1CCC(=O)N1)C1CCNCC1. The van der Waals surface area contributed by atoms with Crippen molar-refractivity contribution in [3.8, 4) is 0 Å². The maximum atomic E-state index is 12.5. The van der Waals surface area contributed by atoms with Gasteiger partial charge >= 0.3 is 0 Å². The second kappa shape index (κ2) is 6.18. The molecule has 0 aromatic carbocycles. The van der Waals surface area contributed by atoms with Crippen molar-refractivity contribution in [2.45, 2.75) is 51.1 Å². The monoisotopic (exact) mass is 253 g/mol. The van der Waals surface area contributed by atoms with E-state index in [1.165, 1.54) is 0 Å². The highest BCUT2D eigenvalue weighted by atomic mass is 16.2. The average Bonchev–Trinajstić information content (AvgIpc) is 2.83. The molecule has 2 N–H and O–H groups in total. The summed E-state index contributed by atoms with van der Waals surface area (Å²) in [6, 6.07) is 0.0649. The average molecular weight is 253 g/mol. The highest BCUT2D eigenvalue weighted by molar-refractivity contribution is 5.91. The summed E-state index contributed by atoms with van der Waals surface area (Å²) in [5.41, 5.74) is 0. The van der Waals surface area contributed by atoms with E-state index in [0.29, 0.717) is 18.9 Å². The molecule has 0 aliphatic carbocycles. The molecule has 0 radical (unpaired) electrons.